The smallest absolute Gasteiger partial charge is 0.338 e. The first kappa shape index (κ1) is 14.9. The van der Waals surface area contributed by atoms with Crippen LogP contribution >= 0.6 is 0 Å². The Labute approximate surface area is 123 Å². The highest BCUT2D eigenvalue weighted by molar-refractivity contribution is 5.90. The molecule has 1 aromatic carbocycles. The van der Waals surface area contributed by atoms with Gasteiger partial charge in [0.2, 0.25) is 0 Å². The van der Waals surface area contributed by atoms with E-state index in [4.69, 9.17) is 4.74 Å². The number of carbonyl (C=O) groups is 1. The molecule has 0 N–H and O–H groups in total. The number of rotatable bonds is 4. The van der Waals surface area contributed by atoms with E-state index >= 15 is 0 Å². The lowest BCUT2D eigenvalue weighted by Gasteiger charge is -2.04. The molecule has 2 aromatic rings. The maximum Gasteiger partial charge on any atom is 0.338 e. The Bertz CT molecular complexity index is 680. The molecule has 21 heavy (non-hydrogen) atoms. The Morgan fingerprint density at radius 3 is 2.81 bits per heavy atom. The van der Waals surface area contributed by atoms with E-state index in [-0.39, 0.29) is 11.8 Å². The number of pyridine rings is 1. The molecule has 2 rings (SSSR count). The minimum absolute atomic E-state index is 0.290. The molecule has 0 saturated heterocycles. The molecule has 0 atom stereocenters. The van der Waals surface area contributed by atoms with Crippen LogP contribution in [0.5, 0.6) is 0 Å². The summed E-state index contributed by atoms with van der Waals surface area (Å²) in [6.07, 6.45) is 3.49. The zero-order chi connectivity index (χ0) is 15.2. The minimum Gasteiger partial charge on any atom is -0.462 e. The second kappa shape index (κ2) is 6.79. The van der Waals surface area contributed by atoms with Crippen molar-refractivity contribution in [1.82, 2.24) is 4.98 Å². The maximum atomic E-state index is 13.1. The molecule has 3 nitrogen and oxygen atoms in total. The Hall–Kier alpha value is -2.49. The minimum atomic E-state index is -0.372. The molecule has 1 heterocycles. The number of aryl methyl sites for hydroxylation is 1. The van der Waals surface area contributed by atoms with Crippen LogP contribution in [0.1, 0.15) is 34.2 Å². The van der Waals surface area contributed by atoms with Gasteiger partial charge in [0.05, 0.1) is 17.9 Å². The van der Waals surface area contributed by atoms with Crippen molar-refractivity contribution in [1.29, 1.82) is 0 Å². The van der Waals surface area contributed by atoms with Crippen LogP contribution in [-0.2, 0) is 4.74 Å². The number of hydrogen-bond donors (Lipinski definition) is 0. The molecule has 108 valence electrons. The van der Waals surface area contributed by atoms with E-state index in [1.54, 1.807) is 43.3 Å². The normalized spacial score (nSPS) is 10.8. The fourth-order valence-corrected chi connectivity index (χ4v) is 1.90. The summed E-state index contributed by atoms with van der Waals surface area (Å²) in [5.74, 6) is -0.662. The fraction of sp³-hybridized carbons (Fsp3) is 0.176. The lowest BCUT2D eigenvalue weighted by molar-refractivity contribution is 0.0526. The maximum absolute atomic E-state index is 13.1. The van der Waals surface area contributed by atoms with Crippen LogP contribution in [0.3, 0.4) is 0 Å². The highest BCUT2D eigenvalue weighted by Crippen LogP contribution is 2.12. The first-order valence-corrected chi connectivity index (χ1v) is 6.68. The van der Waals surface area contributed by atoms with Gasteiger partial charge in [0, 0.05) is 5.69 Å². The quantitative estimate of drug-likeness (QED) is 0.800. The van der Waals surface area contributed by atoms with E-state index in [0.29, 0.717) is 17.9 Å². The molecular weight excluding hydrogens is 269 g/mol. The third kappa shape index (κ3) is 4.24. The molecule has 4 heteroatoms. The van der Waals surface area contributed by atoms with Crippen LogP contribution < -0.4 is 0 Å². The van der Waals surface area contributed by atoms with Gasteiger partial charge in [-0.25, -0.2) is 9.18 Å². The van der Waals surface area contributed by atoms with Gasteiger partial charge < -0.3 is 4.74 Å². The van der Waals surface area contributed by atoms with E-state index in [2.05, 4.69) is 4.98 Å². The highest BCUT2D eigenvalue weighted by atomic mass is 19.1. The first-order valence-electron chi connectivity index (χ1n) is 6.68. The molecule has 0 aliphatic rings. The molecule has 0 aliphatic carbocycles. The predicted octanol–water partition coefficient (Wildman–Crippen LogP) is 3.88. The van der Waals surface area contributed by atoms with Gasteiger partial charge in [-0.1, -0.05) is 18.2 Å². The van der Waals surface area contributed by atoms with Gasteiger partial charge in [0.1, 0.15) is 5.82 Å². The molecule has 0 fully saturated rings. The number of esters is 1. The zero-order valence-electron chi connectivity index (χ0n) is 12.0. The molecule has 0 unspecified atom stereocenters. The summed E-state index contributed by atoms with van der Waals surface area (Å²) in [5, 5.41) is 0. The largest absolute Gasteiger partial charge is 0.462 e. The number of hydrogen-bond acceptors (Lipinski definition) is 3. The Morgan fingerprint density at radius 1 is 1.29 bits per heavy atom. The monoisotopic (exact) mass is 285 g/mol. The number of benzene rings is 1. The summed E-state index contributed by atoms with van der Waals surface area (Å²) in [7, 11) is 0. The van der Waals surface area contributed by atoms with Crippen molar-refractivity contribution < 1.29 is 13.9 Å². The second-order valence-electron chi connectivity index (χ2n) is 4.53. The van der Waals surface area contributed by atoms with Gasteiger partial charge in [-0.05, 0) is 49.8 Å². The SMILES string of the molecule is CCOC(=O)c1cc(C)nc(/C=C/c2cccc(F)c2)c1. The second-order valence-corrected chi connectivity index (χ2v) is 4.53. The van der Waals surface area contributed by atoms with Crippen molar-refractivity contribution in [2.24, 2.45) is 0 Å². The summed E-state index contributed by atoms with van der Waals surface area (Å²) < 4.78 is 18.1. The standard InChI is InChI=1S/C17H16FNO2/c1-3-21-17(20)14-9-12(2)19-16(11-14)8-7-13-5-4-6-15(18)10-13/h4-11H,3H2,1-2H3/b8-7+. The van der Waals surface area contributed by atoms with Gasteiger partial charge in [0.25, 0.3) is 0 Å². The number of ether oxygens (including phenoxy) is 1. The zero-order valence-corrected chi connectivity index (χ0v) is 12.0. The number of nitrogens with zero attached hydrogens (tertiary/aromatic N) is 1. The van der Waals surface area contributed by atoms with Crippen LogP contribution in [0.2, 0.25) is 0 Å². The first-order chi connectivity index (χ1) is 10.1. The van der Waals surface area contributed by atoms with Crippen LogP contribution in [0, 0.1) is 12.7 Å². The van der Waals surface area contributed by atoms with E-state index in [0.717, 1.165) is 11.3 Å². The van der Waals surface area contributed by atoms with Crippen molar-refractivity contribution in [2.75, 3.05) is 6.61 Å². The van der Waals surface area contributed by atoms with Gasteiger partial charge in [-0.15, -0.1) is 0 Å². The highest BCUT2D eigenvalue weighted by Gasteiger charge is 2.08. The van der Waals surface area contributed by atoms with Crippen molar-refractivity contribution in [3.63, 3.8) is 0 Å². The predicted molar refractivity (Wildman–Crippen MR) is 80.3 cm³/mol. The summed E-state index contributed by atoms with van der Waals surface area (Å²) in [4.78, 5) is 16.1. The molecule has 0 radical (unpaired) electrons. The van der Waals surface area contributed by atoms with Crippen LogP contribution in [0.25, 0.3) is 12.2 Å². The lowest BCUT2D eigenvalue weighted by Crippen LogP contribution is -2.06. The molecule has 0 aliphatic heterocycles. The summed E-state index contributed by atoms with van der Waals surface area (Å²) in [6, 6.07) is 9.59. The Balaban J connectivity index is 2.26. The van der Waals surface area contributed by atoms with Gasteiger partial charge >= 0.3 is 5.97 Å². The Kier molecular flexibility index (Phi) is 4.82. The molecule has 1 aromatic heterocycles. The average Bonchev–Trinajstić information content (AvgIpc) is 2.45. The number of aromatic nitrogens is 1. The number of carbonyl (C=O) groups excluding carboxylic acids is 1. The average molecular weight is 285 g/mol. The van der Waals surface area contributed by atoms with Crippen molar-refractivity contribution in [3.8, 4) is 0 Å². The van der Waals surface area contributed by atoms with Crippen LogP contribution in [0.15, 0.2) is 36.4 Å². The van der Waals surface area contributed by atoms with E-state index in [1.165, 1.54) is 12.1 Å². The van der Waals surface area contributed by atoms with Gasteiger partial charge in [-0.2, -0.15) is 0 Å². The van der Waals surface area contributed by atoms with Crippen molar-refractivity contribution in [2.45, 2.75) is 13.8 Å². The third-order valence-corrected chi connectivity index (χ3v) is 2.78. The lowest BCUT2D eigenvalue weighted by atomic mass is 10.1. The molecule has 0 saturated carbocycles. The van der Waals surface area contributed by atoms with E-state index in [1.807, 2.05) is 6.92 Å². The van der Waals surface area contributed by atoms with E-state index < -0.39 is 0 Å². The van der Waals surface area contributed by atoms with E-state index in [9.17, 15) is 9.18 Å². The molecular formula is C17H16FNO2. The molecule has 0 spiro atoms. The van der Waals surface area contributed by atoms with Gasteiger partial charge in [0.15, 0.2) is 0 Å². The van der Waals surface area contributed by atoms with Crippen molar-refractivity contribution in [3.05, 3.63) is 64.7 Å². The fourth-order valence-electron chi connectivity index (χ4n) is 1.90. The summed E-state index contributed by atoms with van der Waals surface area (Å²) in [6.45, 7) is 3.90. The van der Waals surface area contributed by atoms with Crippen LogP contribution in [-0.4, -0.2) is 17.6 Å². The summed E-state index contributed by atoms with van der Waals surface area (Å²) in [5.41, 5.74) is 2.54. The molecule has 0 bridgehead atoms. The van der Waals surface area contributed by atoms with Gasteiger partial charge in [-0.3, -0.25) is 4.98 Å². The Morgan fingerprint density at radius 2 is 2.10 bits per heavy atom. The van der Waals surface area contributed by atoms with Crippen molar-refractivity contribution >= 4 is 18.1 Å². The topological polar surface area (TPSA) is 39.2 Å². The third-order valence-electron chi connectivity index (χ3n) is 2.78. The summed E-state index contributed by atoms with van der Waals surface area (Å²) >= 11 is 0. The molecule has 0 amide bonds. The van der Waals surface area contributed by atoms with Crippen LogP contribution in [0.4, 0.5) is 4.39 Å². The number of halogens is 1.